The summed E-state index contributed by atoms with van der Waals surface area (Å²) < 4.78 is 38.2. The summed E-state index contributed by atoms with van der Waals surface area (Å²) in [5.74, 6) is 2.21. The van der Waals surface area contributed by atoms with Crippen LogP contribution in [-0.4, -0.2) is 67.3 Å². The van der Waals surface area contributed by atoms with Crippen molar-refractivity contribution in [2.45, 2.75) is 225 Å². The fourth-order valence-electron chi connectivity index (χ4n) is 11.8. The predicted molar refractivity (Wildman–Crippen MR) is 245 cm³/mol. The van der Waals surface area contributed by atoms with E-state index in [1.54, 1.807) is 83.1 Å². The summed E-state index contributed by atoms with van der Waals surface area (Å²) in [5, 5.41) is 0. The van der Waals surface area contributed by atoms with E-state index in [1.165, 1.54) is 50.5 Å². The van der Waals surface area contributed by atoms with Crippen LogP contribution in [0.4, 0.5) is 0 Å². The smallest absolute Gasteiger partial charge is 0.311 e. The Hall–Kier alpha value is -2.46. The summed E-state index contributed by atoms with van der Waals surface area (Å²) in [5.41, 5.74) is -1.76. The molecule has 5 rings (SSSR count). The van der Waals surface area contributed by atoms with Crippen LogP contribution in [0, 0.1) is 68.0 Å². The molecule has 13 atom stereocenters. The number of carbonyl (C=O) groups excluding carboxylic acids is 4. The van der Waals surface area contributed by atoms with Crippen LogP contribution in [0.2, 0.25) is 0 Å². The fourth-order valence-corrected chi connectivity index (χ4v) is 11.8. The van der Waals surface area contributed by atoms with Crippen LogP contribution in [0.25, 0.3) is 0 Å². The molecule has 4 aliphatic carbocycles. The Balaban J connectivity index is 1.44. The Kier molecular flexibility index (Phi) is 15.6. The van der Waals surface area contributed by atoms with Gasteiger partial charge < -0.3 is 28.4 Å². The molecule has 0 unspecified atom stereocenters. The van der Waals surface area contributed by atoms with Crippen LogP contribution in [0.1, 0.15) is 188 Å². The van der Waals surface area contributed by atoms with Crippen molar-refractivity contribution < 1.29 is 47.6 Å². The molecule has 1 heterocycles. The molecule has 63 heavy (non-hydrogen) atoms. The van der Waals surface area contributed by atoms with E-state index in [0.29, 0.717) is 23.7 Å². The lowest BCUT2D eigenvalue weighted by atomic mass is 9.47. The number of esters is 4. The highest BCUT2D eigenvalue weighted by Gasteiger charge is 2.60. The van der Waals surface area contributed by atoms with E-state index in [2.05, 4.69) is 40.7 Å². The van der Waals surface area contributed by atoms with Gasteiger partial charge in [-0.25, -0.2) is 0 Å². The van der Waals surface area contributed by atoms with E-state index < -0.39 is 76.2 Å². The predicted octanol–water partition coefficient (Wildman–Crippen LogP) is 11.6. The monoisotopic (exact) mass is 885 g/mol. The molecule has 10 heteroatoms. The van der Waals surface area contributed by atoms with Gasteiger partial charge in [-0.3, -0.25) is 19.2 Å². The second kappa shape index (κ2) is 19.0. The Morgan fingerprint density at radius 2 is 1.24 bits per heavy atom. The molecule has 0 bridgehead atoms. The normalized spacial score (nSPS) is 35.4. The first kappa shape index (κ1) is 51.5. The summed E-state index contributed by atoms with van der Waals surface area (Å²) in [6.07, 6.45) is 8.77. The summed E-state index contributed by atoms with van der Waals surface area (Å²) >= 11 is 0. The SMILES string of the molecule is CC(C)CCC[C@@H](C)[C@H]1CC[C@H]2[C@@H]3CC=C4C[C@@H](O[C@@H]5O[C@H](COC(=O)C(C)(C)C)[C@H](OC(=O)C(C)(C)C)[C@H](OC(=O)C(C)(C)C)[C@H]5OC(=O)C(C)(C)C)CC[C@]4(C)[C@H]3CC[C@]12C. The van der Waals surface area contributed by atoms with Crippen molar-refractivity contribution in [3.63, 3.8) is 0 Å². The number of allylic oxidation sites excluding steroid dienone is 1. The van der Waals surface area contributed by atoms with E-state index in [1.807, 2.05) is 0 Å². The lowest BCUT2D eigenvalue weighted by Crippen LogP contribution is -2.64. The molecule has 0 aromatic carbocycles. The average molecular weight is 885 g/mol. The minimum atomic E-state index is -1.33. The standard InChI is InChI=1S/C53H88O10/c1-31(2)19-18-20-32(3)36-23-24-37-35-22-21-33-29-34(25-27-52(33,16)38(35)26-28-53(36,37)17)59-43-42(63-47(57)51(13,14)15)41(62-46(56)50(10,11)12)40(61-45(55)49(7,8)9)39(60-43)30-58-44(54)48(4,5)6/h21,31-32,34-43H,18-20,22-30H2,1-17H3/t32-,34+,35+,36-,37+,38+,39-,40+,41+,42-,43-,52+,53-/m1/s1. The Morgan fingerprint density at radius 1 is 0.683 bits per heavy atom. The van der Waals surface area contributed by atoms with E-state index in [-0.39, 0.29) is 18.1 Å². The summed E-state index contributed by atoms with van der Waals surface area (Å²) in [7, 11) is 0. The summed E-state index contributed by atoms with van der Waals surface area (Å²) in [6.45, 7) is 32.9. The first-order valence-corrected chi connectivity index (χ1v) is 24.7. The van der Waals surface area contributed by atoms with Gasteiger partial charge in [-0.2, -0.15) is 0 Å². The lowest BCUT2D eigenvalue weighted by molar-refractivity contribution is -0.322. The molecule has 360 valence electrons. The molecule has 3 saturated carbocycles. The number of carbonyl (C=O) groups is 4. The molecule has 1 aliphatic heterocycles. The second-order valence-corrected chi connectivity index (χ2v) is 25.5. The number of ether oxygens (including phenoxy) is 6. The Bertz CT molecular complexity index is 1670. The van der Waals surface area contributed by atoms with Crippen LogP contribution in [-0.2, 0) is 47.6 Å². The van der Waals surface area contributed by atoms with Crippen LogP contribution in [0.15, 0.2) is 11.6 Å². The molecule has 0 N–H and O–H groups in total. The number of hydrogen-bond acceptors (Lipinski definition) is 10. The van der Waals surface area contributed by atoms with Crippen LogP contribution >= 0.6 is 0 Å². The van der Waals surface area contributed by atoms with E-state index in [9.17, 15) is 19.2 Å². The van der Waals surface area contributed by atoms with E-state index in [0.717, 1.165) is 42.9 Å². The van der Waals surface area contributed by atoms with Gasteiger partial charge >= 0.3 is 23.9 Å². The van der Waals surface area contributed by atoms with Gasteiger partial charge in [0.1, 0.15) is 12.7 Å². The quantitative estimate of drug-likeness (QED) is 0.106. The molecule has 4 fully saturated rings. The zero-order chi connectivity index (χ0) is 47.2. The van der Waals surface area contributed by atoms with Gasteiger partial charge in [0.15, 0.2) is 24.6 Å². The molecule has 1 saturated heterocycles. The van der Waals surface area contributed by atoms with E-state index in [4.69, 9.17) is 28.4 Å². The van der Waals surface area contributed by atoms with Gasteiger partial charge in [-0.05, 0) is 181 Å². The Morgan fingerprint density at radius 3 is 1.79 bits per heavy atom. The number of fused-ring (bicyclic) bond motifs is 5. The van der Waals surface area contributed by atoms with E-state index >= 15 is 0 Å². The maximum absolute atomic E-state index is 13.8. The van der Waals surface area contributed by atoms with Crippen molar-refractivity contribution in [1.29, 1.82) is 0 Å². The number of hydrogen-bond donors (Lipinski definition) is 0. The molecular formula is C53H88O10. The summed E-state index contributed by atoms with van der Waals surface area (Å²) in [4.78, 5) is 54.5. The molecule has 0 amide bonds. The van der Waals surface area contributed by atoms with Gasteiger partial charge in [0.25, 0.3) is 0 Å². The minimum absolute atomic E-state index is 0.0668. The highest BCUT2D eigenvalue weighted by molar-refractivity contribution is 5.78. The lowest BCUT2D eigenvalue weighted by Gasteiger charge is -2.58. The Labute approximate surface area is 381 Å². The first-order chi connectivity index (χ1) is 28.9. The molecule has 0 spiro atoms. The highest BCUT2D eigenvalue weighted by atomic mass is 16.7. The molecular weight excluding hydrogens is 797 g/mol. The van der Waals surface area contributed by atoms with Gasteiger partial charge in [0.2, 0.25) is 0 Å². The van der Waals surface area contributed by atoms with Gasteiger partial charge in [-0.15, -0.1) is 0 Å². The molecule has 5 aliphatic rings. The average Bonchev–Trinajstić information content (AvgIpc) is 3.51. The molecule has 0 aromatic heterocycles. The van der Waals surface area contributed by atoms with Crippen LogP contribution in [0.3, 0.4) is 0 Å². The van der Waals surface area contributed by atoms with Crippen molar-refractivity contribution in [3.05, 3.63) is 11.6 Å². The minimum Gasteiger partial charge on any atom is -0.462 e. The third kappa shape index (κ3) is 11.6. The fraction of sp³-hybridized carbons (Fsp3) is 0.887. The number of rotatable bonds is 12. The van der Waals surface area contributed by atoms with Crippen molar-refractivity contribution in [2.24, 2.45) is 68.0 Å². The maximum atomic E-state index is 13.8. The van der Waals surface area contributed by atoms with Crippen LogP contribution in [0.5, 0.6) is 0 Å². The highest BCUT2D eigenvalue weighted by Crippen LogP contribution is 2.67. The maximum Gasteiger partial charge on any atom is 0.311 e. The van der Waals surface area contributed by atoms with Gasteiger partial charge in [0, 0.05) is 0 Å². The first-order valence-electron chi connectivity index (χ1n) is 24.7. The van der Waals surface area contributed by atoms with Gasteiger partial charge in [0.05, 0.1) is 27.8 Å². The molecule has 0 radical (unpaired) electrons. The van der Waals surface area contributed by atoms with Crippen LogP contribution < -0.4 is 0 Å². The third-order valence-corrected chi connectivity index (χ3v) is 15.7. The third-order valence-electron chi connectivity index (χ3n) is 15.7. The largest absolute Gasteiger partial charge is 0.462 e. The zero-order valence-corrected chi connectivity index (χ0v) is 42.6. The van der Waals surface area contributed by atoms with Crippen molar-refractivity contribution >= 4 is 23.9 Å². The topological polar surface area (TPSA) is 124 Å². The summed E-state index contributed by atoms with van der Waals surface area (Å²) in [6, 6.07) is 0. The zero-order valence-electron chi connectivity index (χ0n) is 42.6. The van der Waals surface area contributed by atoms with Crippen molar-refractivity contribution in [2.75, 3.05) is 6.61 Å². The molecule has 0 aromatic rings. The second-order valence-electron chi connectivity index (χ2n) is 25.5. The molecule has 10 nitrogen and oxygen atoms in total. The van der Waals surface area contributed by atoms with Crippen molar-refractivity contribution in [3.8, 4) is 0 Å². The van der Waals surface area contributed by atoms with Crippen molar-refractivity contribution in [1.82, 2.24) is 0 Å². The van der Waals surface area contributed by atoms with Gasteiger partial charge in [-0.1, -0.05) is 65.5 Å².